The van der Waals surface area contributed by atoms with Crippen LogP contribution in [0.1, 0.15) is 5.56 Å². The zero-order valence-corrected chi connectivity index (χ0v) is 23.9. The minimum atomic E-state index is -4.13. The summed E-state index contributed by atoms with van der Waals surface area (Å²) in [5.41, 5.74) is 2.94. The van der Waals surface area contributed by atoms with Gasteiger partial charge in [-0.05, 0) is 48.0 Å². The normalized spacial score (nSPS) is 16.8. The maximum Gasteiger partial charge on any atom is 0.259 e. The summed E-state index contributed by atoms with van der Waals surface area (Å²) in [5, 5.41) is 3.99. The van der Waals surface area contributed by atoms with Crippen LogP contribution in [0.15, 0.2) is 106 Å². The molecule has 0 saturated carbocycles. The van der Waals surface area contributed by atoms with E-state index in [2.05, 4.69) is 17.1 Å². The van der Waals surface area contributed by atoms with E-state index in [1.807, 2.05) is 0 Å². The number of rotatable bonds is 11. The van der Waals surface area contributed by atoms with Gasteiger partial charge in [-0.25, -0.2) is 22.3 Å². The number of hydrazone groups is 1. The van der Waals surface area contributed by atoms with Gasteiger partial charge in [0, 0.05) is 19.6 Å². The van der Waals surface area contributed by atoms with E-state index in [9.17, 15) is 21.6 Å². The molecule has 1 fully saturated rings. The van der Waals surface area contributed by atoms with E-state index in [4.69, 9.17) is 9.47 Å². The van der Waals surface area contributed by atoms with E-state index < -0.39 is 38.5 Å². The van der Waals surface area contributed by atoms with Gasteiger partial charge >= 0.3 is 0 Å². The molecule has 3 aromatic rings. The molecule has 0 unspecified atom stereocenters. The minimum Gasteiger partial charge on any atom is -0.493 e. The molecule has 11 nitrogen and oxygen atoms in total. The number of ether oxygens (including phenoxy) is 2. The van der Waals surface area contributed by atoms with Crippen molar-refractivity contribution in [2.24, 2.45) is 5.10 Å². The molecule has 0 aromatic heterocycles. The SMILES string of the molecule is C=CCOc1ccc(/C=N\NC(=O)[C@H]2CN(S(=O)(=O)c3ccccc3)CCN2S(=O)(=O)c2ccccc2)cc1OC. The molecule has 4 rings (SSSR count). The lowest BCUT2D eigenvalue weighted by atomic mass is 10.2. The highest BCUT2D eigenvalue weighted by molar-refractivity contribution is 7.89. The first-order valence-electron chi connectivity index (χ1n) is 12.5. The third-order valence-electron chi connectivity index (χ3n) is 6.26. The van der Waals surface area contributed by atoms with Crippen LogP contribution < -0.4 is 14.9 Å². The number of nitrogens with zero attached hydrogens (tertiary/aromatic N) is 3. The molecule has 13 heteroatoms. The Labute approximate surface area is 239 Å². The fourth-order valence-corrected chi connectivity index (χ4v) is 7.26. The lowest BCUT2D eigenvalue weighted by Crippen LogP contribution is -2.60. The summed E-state index contributed by atoms with van der Waals surface area (Å²) in [6.45, 7) is 3.15. The van der Waals surface area contributed by atoms with Gasteiger partial charge in [0.15, 0.2) is 11.5 Å². The Morgan fingerprint density at radius 1 is 0.951 bits per heavy atom. The van der Waals surface area contributed by atoms with Gasteiger partial charge in [-0.15, -0.1) is 0 Å². The molecule has 1 atom stereocenters. The highest BCUT2D eigenvalue weighted by atomic mass is 32.2. The summed E-state index contributed by atoms with van der Waals surface area (Å²) in [4.78, 5) is 13.4. The average Bonchev–Trinajstić information content (AvgIpc) is 3.00. The molecule has 0 aliphatic carbocycles. The van der Waals surface area contributed by atoms with Gasteiger partial charge < -0.3 is 9.47 Å². The van der Waals surface area contributed by atoms with Crippen LogP contribution in [-0.2, 0) is 24.8 Å². The Hall–Kier alpha value is -4.04. The Morgan fingerprint density at radius 3 is 2.20 bits per heavy atom. The number of carbonyl (C=O) groups is 1. The van der Waals surface area contributed by atoms with Crippen molar-refractivity contribution in [3.8, 4) is 11.5 Å². The third kappa shape index (κ3) is 6.82. The number of piperazine rings is 1. The fraction of sp³-hybridized carbons (Fsp3) is 0.214. The first kappa shape index (κ1) is 29.9. The highest BCUT2D eigenvalue weighted by Crippen LogP contribution is 2.28. The second-order valence-electron chi connectivity index (χ2n) is 8.86. The molecule has 1 saturated heterocycles. The monoisotopic (exact) mass is 598 g/mol. The van der Waals surface area contributed by atoms with Crippen molar-refractivity contribution in [1.82, 2.24) is 14.0 Å². The van der Waals surface area contributed by atoms with Gasteiger partial charge in [-0.3, -0.25) is 4.79 Å². The van der Waals surface area contributed by atoms with E-state index in [1.165, 1.54) is 37.6 Å². The average molecular weight is 599 g/mol. The highest BCUT2D eigenvalue weighted by Gasteiger charge is 2.43. The van der Waals surface area contributed by atoms with Crippen molar-refractivity contribution in [3.05, 3.63) is 97.1 Å². The second kappa shape index (κ2) is 13.1. The fourth-order valence-electron chi connectivity index (χ4n) is 4.21. The molecule has 1 amide bonds. The lowest BCUT2D eigenvalue weighted by Gasteiger charge is -2.38. The predicted molar refractivity (Wildman–Crippen MR) is 154 cm³/mol. The Bertz CT molecular complexity index is 1610. The van der Waals surface area contributed by atoms with Gasteiger partial charge in [-0.2, -0.15) is 13.7 Å². The van der Waals surface area contributed by atoms with Crippen LogP contribution >= 0.6 is 0 Å². The Morgan fingerprint density at radius 2 is 1.59 bits per heavy atom. The predicted octanol–water partition coefficient (Wildman–Crippen LogP) is 2.47. The zero-order chi connectivity index (χ0) is 29.5. The van der Waals surface area contributed by atoms with Gasteiger partial charge in [0.05, 0.1) is 23.1 Å². The molecular weight excluding hydrogens is 568 g/mol. The minimum absolute atomic E-state index is 0.00785. The van der Waals surface area contributed by atoms with Crippen LogP contribution in [0.2, 0.25) is 0 Å². The largest absolute Gasteiger partial charge is 0.493 e. The van der Waals surface area contributed by atoms with Crippen molar-refractivity contribution >= 4 is 32.2 Å². The molecule has 0 radical (unpaired) electrons. The molecule has 216 valence electrons. The summed E-state index contributed by atoms with van der Waals surface area (Å²) < 4.78 is 66.6. The van der Waals surface area contributed by atoms with E-state index in [-0.39, 0.29) is 22.9 Å². The maximum absolute atomic E-state index is 13.5. The zero-order valence-electron chi connectivity index (χ0n) is 22.3. The van der Waals surface area contributed by atoms with E-state index in [0.29, 0.717) is 23.7 Å². The third-order valence-corrected chi connectivity index (χ3v) is 10.1. The first-order valence-corrected chi connectivity index (χ1v) is 15.4. The standard InChI is InChI=1S/C28H30N4O7S2/c1-3-18-39-26-15-14-22(19-27(26)38-2)20-29-30-28(33)25-21-31(40(34,35)23-10-6-4-7-11-23)16-17-32(25)41(36,37)24-12-8-5-9-13-24/h3-15,19-20,25H,1,16-18,21H2,2H3,(H,30,33)/b29-20-/t25-/m1/s1. The van der Waals surface area contributed by atoms with Crippen LogP contribution in [-0.4, -0.2) is 77.0 Å². The van der Waals surface area contributed by atoms with Crippen LogP contribution in [0.4, 0.5) is 0 Å². The molecule has 41 heavy (non-hydrogen) atoms. The van der Waals surface area contributed by atoms with Crippen molar-refractivity contribution in [3.63, 3.8) is 0 Å². The smallest absolute Gasteiger partial charge is 0.259 e. The molecule has 1 heterocycles. The van der Waals surface area contributed by atoms with Crippen molar-refractivity contribution < 1.29 is 31.1 Å². The molecule has 1 N–H and O–H groups in total. The van der Waals surface area contributed by atoms with Gasteiger partial charge in [0.25, 0.3) is 5.91 Å². The number of benzene rings is 3. The Balaban J connectivity index is 1.59. The van der Waals surface area contributed by atoms with Gasteiger partial charge in [-0.1, -0.05) is 49.1 Å². The molecule has 3 aromatic carbocycles. The van der Waals surface area contributed by atoms with Crippen LogP contribution in [0.3, 0.4) is 0 Å². The lowest BCUT2D eigenvalue weighted by molar-refractivity contribution is -0.125. The summed E-state index contributed by atoms with van der Waals surface area (Å²) in [6, 6.07) is 19.1. The van der Waals surface area contributed by atoms with Crippen molar-refractivity contribution in [2.75, 3.05) is 33.4 Å². The van der Waals surface area contributed by atoms with E-state index in [0.717, 1.165) is 8.61 Å². The summed E-state index contributed by atoms with van der Waals surface area (Å²) in [5.74, 6) is 0.153. The Kier molecular flexibility index (Phi) is 9.55. The number of amides is 1. The molecule has 1 aliphatic rings. The van der Waals surface area contributed by atoms with Gasteiger partial charge in [0.1, 0.15) is 12.6 Å². The number of carbonyl (C=O) groups excluding carboxylic acids is 1. The molecule has 1 aliphatic heterocycles. The summed E-state index contributed by atoms with van der Waals surface area (Å²) >= 11 is 0. The van der Waals surface area contributed by atoms with Crippen LogP contribution in [0, 0.1) is 0 Å². The second-order valence-corrected chi connectivity index (χ2v) is 12.7. The molecule has 0 bridgehead atoms. The van der Waals surface area contributed by atoms with Crippen LogP contribution in [0.25, 0.3) is 0 Å². The van der Waals surface area contributed by atoms with Gasteiger partial charge in [0.2, 0.25) is 20.0 Å². The van der Waals surface area contributed by atoms with E-state index in [1.54, 1.807) is 60.7 Å². The van der Waals surface area contributed by atoms with E-state index >= 15 is 0 Å². The number of nitrogens with one attached hydrogen (secondary N) is 1. The van der Waals surface area contributed by atoms with Crippen molar-refractivity contribution in [1.29, 1.82) is 0 Å². The first-order chi connectivity index (χ1) is 19.7. The number of hydrogen-bond donors (Lipinski definition) is 1. The number of methoxy groups -OCH3 is 1. The number of hydrogen-bond acceptors (Lipinski definition) is 8. The van der Waals surface area contributed by atoms with Crippen LogP contribution in [0.5, 0.6) is 11.5 Å². The van der Waals surface area contributed by atoms with Crippen molar-refractivity contribution in [2.45, 2.75) is 15.8 Å². The quantitative estimate of drug-likeness (QED) is 0.204. The molecule has 0 spiro atoms. The number of sulfonamides is 2. The molecular formula is C28H30N4O7S2. The maximum atomic E-state index is 13.5. The topological polar surface area (TPSA) is 135 Å². The summed E-state index contributed by atoms with van der Waals surface area (Å²) in [6.07, 6.45) is 2.96. The summed E-state index contributed by atoms with van der Waals surface area (Å²) in [7, 11) is -6.62.